The highest BCUT2D eigenvalue weighted by molar-refractivity contribution is 5.76. The van der Waals surface area contributed by atoms with Crippen molar-refractivity contribution in [3.63, 3.8) is 0 Å². The molecule has 1 amide bonds. The molecule has 0 aliphatic heterocycles. The molecule has 0 bridgehead atoms. The van der Waals surface area contributed by atoms with Crippen LogP contribution >= 0.6 is 0 Å². The molecule has 1 atom stereocenters. The first kappa shape index (κ1) is 15.3. The first-order valence-electron chi connectivity index (χ1n) is 7.02. The van der Waals surface area contributed by atoms with E-state index in [1.54, 1.807) is 6.07 Å². The summed E-state index contributed by atoms with van der Waals surface area (Å²) in [6, 6.07) is 11.4. The van der Waals surface area contributed by atoms with Crippen LogP contribution < -0.4 is 5.32 Å². The summed E-state index contributed by atoms with van der Waals surface area (Å²) in [5.41, 5.74) is 1.60. The summed E-state index contributed by atoms with van der Waals surface area (Å²) in [6.07, 6.45) is -0.525. The molecule has 0 saturated carbocycles. The first-order chi connectivity index (χ1) is 10.1. The zero-order valence-electron chi connectivity index (χ0n) is 12.2. The Balaban J connectivity index is 1.87. The van der Waals surface area contributed by atoms with E-state index in [0.717, 1.165) is 5.56 Å². The van der Waals surface area contributed by atoms with Crippen molar-refractivity contribution in [2.75, 3.05) is 0 Å². The van der Waals surface area contributed by atoms with E-state index in [0.29, 0.717) is 18.0 Å². The van der Waals surface area contributed by atoms with Crippen molar-refractivity contribution < 1.29 is 14.4 Å². The molecule has 0 aliphatic carbocycles. The van der Waals surface area contributed by atoms with Gasteiger partial charge in [0.15, 0.2) is 5.76 Å². The molecule has 2 aromatic rings. The number of amides is 1. The van der Waals surface area contributed by atoms with Gasteiger partial charge in [0.2, 0.25) is 5.91 Å². The number of nitrogens with one attached hydrogen (secondary N) is 1. The van der Waals surface area contributed by atoms with Crippen LogP contribution in [-0.2, 0) is 11.3 Å². The number of carbonyl (C=O) groups is 1. The van der Waals surface area contributed by atoms with Gasteiger partial charge in [0, 0.05) is 11.6 Å². The average Bonchev–Trinajstić information content (AvgIpc) is 2.95. The SMILES string of the molecule is CC(C)C(O)CC(=O)NCc1cc(-c2ccccc2)on1. The van der Waals surface area contributed by atoms with Gasteiger partial charge in [-0.05, 0) is 5.92 Å². The van der Waals surface area contributed by atoms with Gasteiger partial charge >= 0.3 is 0 Å². The van der Waals surface area contributed by atoms with Gasteiger partial charge < -0.3 is 14.9 Å². The second kappa shape index (κ2) is 7.04. The zero-order chi connectivity index (χ0) is 15.2. The predicted octanol–water partition coefficient (Wildman–Crippen LogP) is 2.36. The number of hydrogen-bond acceptors (Lipinski definition) is 4. The van der Waals surface area contributed by atoms with Crippen LogP contribution in [0, 0.1) is 5.92 Å². The summed E-state index contributed by atoms with van der Waals surface area (Å²) in [6.45, 7) is 4.05. The smallest absolute Gasteiger partial charge is 0.222 e. The minimum atomic E-state index is -0.623. The van der Waals surface area contributed by atoms with Crippen LogP contribution in [0.3, 0.4) is 0 Å². The topological polar surface area (TPSA) is 75.4 Å². The van der Waals surface area contributed by atoms with Gasteiger partial charge in [-0.15, -0.1) is 0 Å². The first-order valence-corrected chi connectivity index (χ1v) is 7.02. The Morgan fingerprint density at radius 1 is 1.33 bits per heavy atom. The number of aliphatic hydroxyl groups is 1. The molecule has 2 rings (SSSR count). The summed E-state index contributed by atoms with van der Waals surface area (Å²) in [5, 5.41) is 16.3. The van der Waals surface area contributed by atoms with Crippen molar-refractivity contribution in [2.24, 2.45) is 5.92 Å². The molecule has 5 nitrogen and oxygen atoms in total. The maximum absolute atomic E-state index is 11.7. The molecule has 1 heterocycles. The van der Waals surface area contributed by atoms with Crippen LogP contribution in [0.5, 0.6) is 0 Å². The summed E-state index contributed by atoms with van der Waals surface area (Å²) < 4.78 is 5.25. The van der Waals surface area contributed by atoms with E-state index < -0.39 is 6.10 Å². The van der Waals surface area contributed by atoms with Crippen LogP contribution in [0.1, 0.15) is 26.0 Å². The highest BCUT2D eigenvalue weighted by Crippen LogP contribution is 2.19. The van der Waals surface area contributed by atoms with E-state index in [2.05, 4.69) is 10.5 Å². The van der Waals surface area contributed by atoms with Gasteiger partial charge in [-0.2, -0.15) is 0 Å². The lowest BCUT2D eigenvalue weighted by Gasteiger charge is -2.13. The molecule has 21 heavy (non-hydrogen) atoms. The number of aliphatic hydroxyl groups excluding tert-OH is 1. The standard InChI is InChI=1S/C16H20N2O3/c1-11(2)14(19)9-16(20)17-10-13-8-15(21-18-13)12-6-4-3-5-7-12/h3-8,11,14,19H,9-10H2,1-2H3,(H,17,20). The third-order valence-corrected chi connectivity index (χ3v) is 3.25. The van der Waals surface area contributed by atoms with Crippen molar-refractivity contribution in [1.82, 2.24) is 10.5 Å². The van der Waals surface area contributed by atoms with Crippen molar-refractivity contribution in [1.29, 1.82) is 0 Å². The highest BCUT2D eigenvalue weighted by Gasteiger charge is 2.14. The van der Waals surface area contributed by atoms with Crippen LogP contribution in [0.15, 0.2) is 40.9 Å². The van der Waals surface area contributed by atoms with E-state index >= 15 is 0 Å². The molecule has 1 aromatic carbocycles. The molecule has 0 spiro atoms. The predicted molar refractivity (Wildman–Crippen MR) is 79.2 cm³/mol. The maximum atomic E-state index is 11.7. The molecular weight excluding hydrogens is 268 g/mol. The van der Waals surface area contributed by atoms with E-state index in [1.807, 2.05) is 44.2 Å². The minimum Gasteiger partial charge on any atom is -0.392 e. The molecule has 0 saturated heterocycles. The average molecular weight is 288 g/mol. The van der Waals surface area contributed by atoms with Crippen LogP contribution in [0.25, 0.3) is 11.3 Å². The highest BCUT2D eigenvalue weighted by atomic mass is 16.5. The fourth-order valence-corrected chi connectivity index (χ4v) is 1.82. The molecule has 5 heteroatoms. The lowest BCUT2D eigenvalue weighted by Crippen LogP contribution is -2.29. The summed E-state index contributed by atoms with van der Waals surface area (Å²) in [4.78, 5) is 11.7. The van der Waals surface area contributed by atoms with Crippen LogP contribution in [-0.4, -0.2) is 22.3 Å². The molecule has 1 aromatic heterocycles. The molecule has 1 unspecified atom stereocenters. The fraction of sp³-hybridized carbons (Fsp3) is 0.375. The number of carbonyl (C=O) groups excluding carboxylic acids is 1. The van der Waals surface area contributed by atoms with E-state index in [4.69, 9.17) is 4.52 Å². The van der Waals surface area contributed by atoms with Gasteiger partial charge in [-0.1, -0.05) is 49.3 Å². The van der Waals surface area contributed by atoms with Crippen molar-refractivity contribution in [2.45, 2.75) is 32.9 Å². The van der Waals surface area contributed by atoms with Gasteiger partial charge in [0.25, 0.3) is 0 Å². The normalized spacial score (nSPS) is 12.4. The molecular formula is C16H20N2O3. The van der Waals surface area contributed by atoms with Crippen molar-refractivity contribution in [3.8, 4) is 11.3 Å². The Labute approximate surface area is 124 Å². The quantitative estimate of drug-likeness (QED) is 0.855. The molecule has 2 N–H and O–H groups in total. The summed E-state index contributed by atoms with van der Waals surface area (Å²) >= 11 is 0. The summed E-state index contributed by atoms with van der Waals surface area (Å²) in [7, 11) is 0. The van der Waals surface area contributed by atoms with Crippen LogP contribution in [0.2, 0.25) is 0 Å². The van der Waals surface area contributed by atoms with Gasteiger partial charge in [-0.25, -0.2) is 0 Å². The van der Waals surface area contributed by atoms with Gasteiger partial charge in [-0.3, -0.25) is 4.79 Å². The monoisotopic (exact) mass is 288 g/mol. The van der Waals surface area contributed by atoms with E-state index in [1.165, 1.54) is 0 Å². The number of nitrogens with zero attached hydrogens (tertiary/aromatic N) is 1. The number of benzene rings is 1. The number of rotatable bonds is 6. The molecule has 112 valence electrons. The second-order valence-electron chi connectivity index (χ2n) is 5.34. The Bertz CT molecular complexity index is 578. The van der Waals surface area contributed by atoms with Crippen molar-refractivity contribution in [3.05, 3.63) is 42.1 Å². The number of hydrogen-bond donors (Lipinski definition) is 2. The van der Waals surface area contributed by atoms with Gasteiger partial charge in [0.1, 0.15) is 5.69 Å². The Morgan fingerprint density at radius 2 is 2.05 bits per heavy atom. The largest absolute Gasteiger partial charge is 0.392 e. The Morgan fingerprint density at radius 3 is 2.71 bits per heavy atom. The minimum absolute atomic E-state index is 0.0625. The lowest BCUT2D eigenvalue weighted by atomic mass is 10.0. The number of aromatic nitrogens is 1. The lowest BCUT2D eigenvalue weighted by molar-refractivity contribution is -0.123. The van der Waals surface area contributed by atoms with Crippen molar-refractivity contribution >= 4 is 5.91 Å². The summed E-state index contributed by atoms with van der Waals surface area (Å²) in [5.74, 6) is 0.537. The molecule has 0 radical (unpaired) electrons. The van der Waals surface area contributed by atoms with Gasteiger partial charge in [0.05, 0.1) is 19.1 Å². The zero-order valence-corrected chi connectivity index (χ0v) is 12.2. The molecule has 0 fully saturated rings. The Kier molecular flexibility index (Phi) is 5.11. The third-order valence-electron chi connectivity index (χ3n) is 3.25. The maximum Gasteiger partial charge on any atom is 0.222 e. The fourth-order valence-electron chi connectivity index (χ4n) is 1.82. The van der Waals surface area contributed by atoms with Crippen LogP contribution in [0.4, 0.5) is 0 Å². The Hall–Kier alpha value is -2.14. The molecule has 0 aliphatic rings. The van der Waals surface area contributed by atoms with E-state index in [-0.39, 0.29) is 18.2 Å². The van der Waals surface area contributed by atoms with E-state index in [9.17, 15) is 9.90 Å². The second-order valence-corrected chi connectivity index (χ2v) is 5.34. The third kappa shape index (κ3) is 4.43.